The zero-order valence-corrected chi connectivity index (χ0v) is 9.68. The van der Waals surface area contributed by atoms with E-state index in [1.54, 1.807) is 0 Å². The average Bonchev–Trinajstić information content (AvgIpc) is 1.82. The van der Waals surface area contributed by atoms with Crippen molar-refractivity contribution in [2.75, 3.05) is 0 Å². The van der Waals surface area contributed by atoms with Gasteiger partial charge in [-0.2, -0.15) is 0 Å². The van der Waals surface area contributed by atoms with Crippen molar-refractivity contribution in [2.45, 2.75) is 45.8 Å². The molecule has 12 heavy (non-hydrogen) atoms. The first-order valence-corrected chi connectivity index (χ1v) is 8.26. The van der Waals surface area contributed by atoms with E-state index in [9.17, 15) is 0 Å². The van der Waals surface area contributed by atoms with Gasteiger partial charge < -0.3 is 4.43 Å². The zero-order chi connectivity index (χ0) is 9.19. The lowest BCUT2D eigenvalue weighted by atomic mass is 9.95. The van der Waals surface area contributed by atoms with Crippen LogP contribution in [0.1, 0.15) is 26.2 Å². The van der Waals surface area contributed by atoms with E-state index in [-0.39, 0.29) is 0 Å². The van der Waals surface area contributed by atoms with E-state index in [1.807, 2.05) is 0 Å². The molecule has 0 aromatic carbocycles. The summed E-state index contributed by atoms with van der Waals surface area (Å²) in [5, 5.41) is 0. The fraction of sp³-hybridized carbons (Fsp3) is 0.800. The topological polar surface area (TPSA) is 9.23 Å². The largest absolute Gasteiger partial charge is 0.548 e. The molecule has 70 valence electrons. The van der Waals surface area contributed by atoms with E-state index in [0.717, 1.165) is 12.3 Å². The van der Waals surface area contributed by atoms with Gasteiger partial charge in [0, 0.05) is 6.42 Å². The molecule has 0 aromatic rings. The van der Waals surface area contributed by atoms with Crippen LogP contribution in [0.15, 0.2) is 11.8 Å². The van der Waals surface area contributed by atoms with Crippen molar-refractivity contribution in [1.82, 2.24) is 0 Å². The van der Waals surface area contributed by atoms with Gasteiger partial charge in [-0.1, -0.05) is 6.92 Å². The van der Waals surface area contributed by atoms with Crippen LogP contribution >= 0.6 is 0 Å². The number of hydrogen-bond donors (Lipinski definition) is 0. The third-order valence-electron chi connectivity index (χ3n) is 2.02. The maximum atomic E-state index is 5.95. The van der Waals surface area contributed by atoms with E-state index in [2.05, 4.69) is 32.6 Å². The molecule has 2 heteroatoms. The lowest BCUT2D eigenvalue weighted by molar-refractivity contribution is 0.342. The van der Waals surface area contributed by atoms with Gasteiger partial charge in [0.25, 0.3) is 0 Å². The Balaban J connectivity index is 2.47. The van der Waals surface area contributed by atoms with Crippen LogP contribution in [0.4, 0.5) is 0 Å². The van der Waals surface area contributed by atoms with Crippen LogP contribution in [-0.2, 0) is 4.43 Å². The lowest BCUT2D eigenvalue weighted by Gasteiger charge is -2.26. The SMILES string of the molecule is CC1CCC=C(O[Si](C)(C)C)C1. The summed E-state index contributed by atoms with van der Waals surface area (Å²) in [7, 11) is -1.34. The third kappa shape index (κ3) is 3.44. The summed E-state index contributed by atoms with van der Waals surface area (Å²) in [6.07, 6.45) is 5.97. The van der Waals surface area contributed by atoms with Crippen molar-refractivity contribution in [3.63, 3.8) is 0 Å². The predicted molar refractivity (Wildman–Crippen MR) is 55.5 cm³/mol. The van der Waals surface area contributed by atoms with Crippen molar-refractivity contribution in [2.24, 2.45) is 5.92 Å². The third-order valence-corrected chi connectivity index (χ3v) is 2.89. The molecule has 1 aliphatic rings. The van der Waals surface area contributed by atoms with E-state index in [1.165, 1.54) is 18.6 Å². The highest BCUT2D eigenvalue weighted by Crippen LogP contribution is 2.26. The summed E-state index contributed by atoms with van der Waals surface area (Å²) in [6, 6.07) is 0. The quantitative estimate of drug-likeness (QED) is 0.596. The molecule has 0 N–H and O–H groups in total. The van der Waals surface area contributed by atoms with Gasteiger partial charge >= 0.3 is 0 Å². The highest BCUT2D eigenvalue weighted by atomic mass is 28.4. The minimum Gasteiger partial charge on any atom is -0.548 e. The van der Waals surface area contributed by atoms with Gasteiger partial charge in [0.2, 0.25) is 8.32 Å². The van der Waals surface area contributed by atoms with Gasteiger partial charge in [-0.05, 0) is 44.5 Å². The number of rotatable bonds is 2. The van der Waals surface area contributed by atoms with Gasteiger partial charge in [0.05, 0.1) is 5.76 Å². The molecule has 1 atom stereocenters. The maximum Gasteiger partial charge on any atom is 0.241 e. The van der Waals surface area contributed by atoms with E-state index < -0.39 is 8.32 Å². The molecular weight excluding hydrogens is 164 g/mol. The maximum absolute atomic E-state index is 5.95. The van der Waals surface area contributed by atoms with Crippen LogP contribution in [0.2, 0.25) is 19.6 Å². The average molecular weight is 184 g/mol. The predicted octanol–water partition coefficient (Wildman–Crippen LogP) is 3.54. The second kappa shape index (κ2) is 3.65. The summed E-state index contributed by atoms with van der Waals surface area (Å²) < 4.78 is 5.95. The van der Waals surface area contributed by atoms with Gasteiger partial charge in [-0.15, -0.1) is 0 Å². The number of allylic oxidation sites excluding steroid dienone is 2. The summed E-state index contributed by atoms with van der Waals surface area (Å²) in [5.41, 5.74) is 0. The van der Waals surface area contributed by atoms with Gasteiger partial charge in [-0.3, -0.25) is 0 Å². The van der Waals surface area contributed by atoms with Gasteiger partial charge in [-0.25, -0.2) is 0 Å². The molecule has 0 aliphatic heterocycles. The lowest BCUT2D eigenvalue weighted by Crippen LogP contribution is -2.26. The Morgan fingerprint density at radius 1 is 1.42 bits per heavy atom. The van der Waals surface area contributed by atoms with Crippen LogP contribution < -0.4 is 0 Å². The first-order chi connectivity index (χ1) is 5.47. The molecule has 0 aromatic heterocycles. The van der Waals surface area contributed by atoms with Crippen LogP contribution in [0.5, 0.6) is 0 Å². The molecule has 0 saturated heterocycles. The standard InChI is InChI=1S/C10H20OSi/c1-9-6-5-7-10(8-9)11-12(2,3)4/h7,9H,5-6,8H2,1-4H3. The first kappa shape index (κ1) is 9.84. The van der Waals surface area contributed by atoms with Crippen molar-refractivity contribution in [3.8, 4) is 0 Å². The molecule has 1 unspecified atom stereocenters. The van der Waals surface area contributed by atoms with Gasteiger partial charge in [0.15, 0.2) is 0 Å². The molecular formula is C10H20OSi. The smallest absolute Gasteiger partial charge is 0.241 e. The van der Waals surface area contributed by atoms with Crippen LogP contribution in [-0.4, -0.2) is 8.32 Å². The highest BCUT2D eigenvalue weighted by molar-refractivity contribution is 6.70. The van der Waals surface area contributed by atoms with Crippen LogP contribution in [0, 0.1) is 5.92 Å². The fourth-order valence-corrected chi connectivity index (χ4v) is 2.49. The Hall–Kier alpha value is -0.243. The molecule has 0 saturated carbocycles. The molecule has 0 bridgehead atoms. The first-order valence-electron chi connectivity index (χ1n) is 4.85. The molecule has 1 aliphatic carbocycles. The van der Waals surface area contributed by atoms with Crippen molar-refractivity contribution in [3.05, 3.63) is 11.8 Å². The highest BCUT2D eigenvalue weighted by Gasteiger charge is 2.20. The minimum absolute atomic E-state index is 0.821. The van der Waals surface area contributed by atoms with Crippen LogP contribution in [0.3, 0.4) is 0 Å². The monoisotopic (exact) mass is 184 g/mol. The Morgan fingerprint density at radius 3 is 2.58 bits per heavy atom. The van der Waals surface area contributed by atoms with E-state index in [0.29, 0.717) is 0 Å². The Bertz CT molecular complexity index is 179. The van der Waals surface area contributed by atoms with Crippen molar-refractivity contribution >= 4 is 8.32 Å². The Labute approximate surface area is 76.9 Å². The summed E-state index contributed by atoms with van der Waals surface area (Å²) in [4.78, 5) is 0. The molecule has 0 spiro atoms. The van der Waals surface area contributed by atoms with Crippen molar-refractivity contribution < 1.29 is 4.43 Å². The molecule has 0 heterocycles. The second-order valence-electron chi connectivity index (χ2n) is 4.77. The minimum atomic E-state index is -1.34. The zero-order valence-electron chi connectivity index (χ0n) is 8.68. The normalized spacial score (nSPS) is 25.0. The Morgan fingerprint density at radius 2 is 2.08 bits per heavy atom. The fourth-order valence-electron chi connectivity index (χ4n) is 1.53. The van der Waals surface area contributed by atoms with Crippen molar-refractivity contribution in [1.29, 1.82) is 0 Å². The van der Waals surface area contributed by atoms with Gasteiger partial charge in [0.1, 0.15) is 0 Å². The number of hydrogen-bond acceptors (Lipinski definition) is 1. The molecule has 1 nitrogen and oxygen atoms in total. The summed E-state index contributed by atoms with van der Waals surface area (Å²) in [5.74, 6) is 2.08. The second-order valence-corrected chi connectivity index (χ2v) is 9.20. The van der Waals surface area contributed by atoms with Crippen LogP contribution in [0.25, 0.3) is 0 Å². The summed E-state index contributed by atoms with van der Waals surface area (Å²) >= 11 is 0. The summed E-state index contributed by atoms with van der Waals surface area (Å²) in [6.45, 7) is 9.04. The molecule has 1 rings (SSSR count). The molecule has 0 radical (unpaired) electrons. The molecule has 0 fully saturated rings. The van der Waals surface area contributed by atoms with E-state index >= 15 is 0 Å². The van der Waals surface area contributed by atoms with E-state index in [4.69, 9.17) is 4.43 Å². The Kier molecular flexibility index (Phi) is 2.99. The molecule has 0 amide bonds.